The van der Waals surface area contributed by atoms with Crippen molar-refractivity contribution in [1.29, 1.82) is 0 Å². The van der Waals surface area contributed by atoms with E-state index in [1.807, 2.05) is 0 Å². The van der Waals surface area contributed by atoms with E-state index < -0.39 is 16.1 Å². The summed E-state index contributed by atoms with van der Waals surface area (Å²) in [4.78, 5) is 12.6. The standard InChI is InChI=1S/C9H7ClFNO3S/c1-16(14,15)8-3-2-6(4-7(8)10)9(11)12-5-13/h2-4,9H,1H3. The number of sulfone groups is 1. The number of carbonyl (C=O) groups excluding carboxylic acids is 1. The molecule has 0 aliphatic carbocycles. The van der Waals surface area contributed by atoms with Crippen molar-refractivity contribution in [2.75, 3.05) is 6.26 Å². The van der Waals surface area contributed by atoms with Crippen molar-refractivity contribution in [3.05, 3.63) is 28.8 Å². The minimum atomic E-state index is -3.45. The molecule has 0 aromatic heterocycles. The first-order valence-corrected chi connectivity index (χ1v) is 6.33. The zero-order valence-corrected chi connectivity index (χ0v) is 9.72. The molecule has 0 heterocycles. The van der Waals surface area contributed by atoms with E-state index >= 15 is 0 Å². The molecule has 0 fully saturated rings. The number of hydrogen-bond acceptors (Lipinski definition) is 4. The lowest BCUT2D eigenvalue weighted by atomic mass is 10.2. The van der Waals surface area contributed by atoms with Gasteiger partial charge >= 0.3 is 0 Å². The second-order valence-corrected chi connectivity index (χ2v) is 5.41. The lowest BCUT2D eigenvalue weighted by Crippen LogP contribution is -1.99. The lowest BCUT2D eigenvalue weighted by Gasteiger charge is -2.05. The number of halogens is 2. The largest absolute Gasteiger partial charge is 0.238 e. The SMILES string of the molecule is CS(=O)(=O)c1ccc(C(F)N=C=O)cc1Cl. The van der Waals surface area contributed by atoms with Crippen molar-refractivity contribution >= 4 is 27.5 Å². The van der Waals surface area contributed by atoms with E-state index in [1.165, 1.54) is 12.1 Å². The minimum absolute atomic E-state index is 0.000694. The van der Waals surface area contributed by atoms with E-state index in [9.17, 15) is 17.6 Å². The van der Waals surface area contributed by atoms with E-state index in [0.29, 0.717) is 0 Å². The minimum Gasteiger partial charge on any atom is -0.224 e. The summed E-state index contributed by atoms with van der Waals surface area (Å²) in [5.41, 5.74) is 0.000694. The summed E-state index contributed by atoms with van der Waals surface area (Å²) in [7, 11) is -3.45. The van der Waals surface area contributed by atoms with Crippen LogP contribution in [0, 0.1) is 0 Å². The van der Waals surface area contributed by atoms with E-state index in [0.717, 1.165) is 18.4 Å². The molecule has 0 saturated carbocycles. The van der Waals surface area contributed by atoms with Gasteiger partial charge in [-0.15, -0.1) is 0 Å². The first kappa shape index (κ1) is 12.8. The molecule has 1 aromatic rings. The molecule has 7 heteroatoms. The smallest absolute Gasteiger partial charge is 0.224 e. The van der Waals surface area contributed by atoms with E-state index in [2.05, 4.69) is 4.99 Å². The Bertz CT molecular complexity index is 552. The molecule has 0 radical (unpaired) electrons. The van der Waals surface area contributed by atoms with E-state index in [-0.39, 0.29) is 15.5 Å². The number of rotatable bonds is 3. The van der Waals surface area contributed by atoms with Gasteiger partial charge < -0.3 is 0 Å². The number of benzene rings is 1. The van der Waals surface area contributed by atoms with Crippen LogP contribution in [0.1, 0.15) is 11.9 Å². The second-order valence-electron chi connectivity index (χ2n) is 3.02. The summed E-state index contributed by atoms with van der Waals surface area (Å²) >= 11 is 5.67. The lowest BCUT2D eigenvalue weighted by molar-refractivity contribution is 0.356. The van der Waals surface area contributed by atoms with Crippen LogP contribution in [-0.4, -0.2) is 20.8 Å². The summed E-state index contributed by atoms with van der Waals surface area (Å²) in [6.07, 6.45) is 0.174. The maximum atomic E-state index is 13.1. The van der Waals surface area contributed by atoms with Crippen molar-refractivity contribution < 1.29 is 17.6 Å². The Kier molecular flexibility index (Phi) is 3.80. The van der Waals surface area contributed by atoms with Crippen LogP contribution < -0.4 is 0 Å². The molecule has 1 unspecified atom stereocenters. The number of hydrogen-bond donors (Lipinski definition) is 0. The third-order valence-corrected chi connectivity index (χ3v) is 3.38. The summed E-state index contributed by atoms with van der Waals surface area (Å²) in [5.74, 6) is 0. The van der Waals surface area contributed by atoms with Gasteiger partial charge in [-0.1, -0.05) is 17.7 Å². The molecule has 0 amide bonds. The molecule has 0 N–H and O–H groups in total. The molecule has 16 heavy (non-hydrogen) atoms. The van der Waals surface area contributed by atoms with Crippen LogP contribution in [0.2, 0.25) is 5.02 Å². The molecule has 1 rings (SSSR count). The monoisotopic (exact) mass is 263 g/mol. The maximum Gasteiger partial charge on any atom is 0.238 e. The molecule has 0 spiro atoms. The van der Waals surface area contributed by atoms with Crippen LogP contribution >= 0.6 is 11.6 Å². The molecule has 0 bridgehead atoms. The predicted molar refractivity (Wildman–Crippen MR) is 56.5 cm³/mol. The first-order chi connectivity index (χ1) is 7.36. The molecule has 0 aliphatic rings. The van der Waals surface area contributed by atoms with Crippen molar-refractivity contribution in [2.24, 2.45) is 4.99 Å². The third-order valence-electron chi connectivity index (χ3n) is 1.80. The average Bonchev–Trinajstić information content (AvgIpc) is 2.16. The summed E-state index contributed by atoms with van der Waals surface area (Å²) in [6, 6.07) is 3.48. The van der Waals surface area contributed by atoms with Gasteiger partial charge in [0, 0.05) is 11.8 Å². The molecular formula is C9H7ClFNO3S. The Morgan fingerprint density at radius 2 is 2.12 bits per heavy atom. The van der Waals surface area contributed by atoms with E-state index in [1.54, 1.807) is 0 Å². The van der Waals surface area contributed by atoms with Gasteiger partial charge in [-0.25, -0.2) is 17.6 Å². The molecule has 4 nitrogen and oxygen atoms in total. The quantitative estimate of drug-likeness (QED) is 0.476. The number of alkyl halides is 1. The van der Waals surface area contributed by atoms with Gasteiger partial charge in [-0.05, 0) is 12.1 Å². The van der Waals surface area contributed by atoms with Crippen molar-refractivity contribution in [3.8, 4) is 0 Å². The molecule has 0 aliphatic heterocycles. The molecular weight excluding hydrogens is 257 g/mol. The Labute approximate surface area is 96.7 Å². The molecule has 86 valence electrons. The predicted octanol–water partition coefficient (Wildman–Crippen LogP) is 2.05. The van der Waals surface area contributed by atoms with Crippen molar-refractivity contribution in [3.63, 3.8) is 0 Å². The van der Waals surface area contributed by atoms with Gasteiger partial charge in [0.15, 0.2) is 9.84 Å². The van der Waals surface area contributed by atoms with Gasteiger partial charge in [0.2, 0.25) is 12.4 Å². The fourth-order valence-electron chi connectivity index (χ4n) is 1.09. The zero-order valence-electron chi connectivity index (χ0n) is 8.15. The number of isocyanates is 1. The zero-order chi connectivity index (χ0) is 12.3. The topological polar surface area (TPSA) is 63.6 Å². The van der Waals surface area contributed by atoms with Gasteiger partial charge in [0.1, 0.15) is 0 Å². The molecule has 1 aromatic carbocycles. The highest BCUT2D eigenvalue weighted by Gasteiger charge is 2.15. The van der Waals surface area contributed by atoms with Crippen LogP contribution in [0.5, 0.6) is 0 Å². The van der Waals surface area contributed by atoms with Gasteiger partial charge in [-0.2, -0.15) is 4.99 Å². The molecule has 1 atom stereocenters. The first-order valence-electron chi connectivity index (χ1n) is 4.07. The summed E-state index contributed by atoms with van der Waals surface area (Å²) in [5, 5.41) is -0.108. The van der Waals surface area contributed by atoms with Crippen LogP contribution in [0.25, 0.3) is 0 Å². The van der Waals surface area contributed by atoms with Crippen LogP contribution in [0.15, 0.2) is 28.1 Å². The van der Waals surface area contributed by atoms with Crippen LogP contribution in [-0.2, 0) is 14.6 Å². The second kappa shape index (κ2) is 4.74. The number of nitrogens with zero attached hydrogens (tertiary/aromatic N) is 1. The summed E-state index contributed by atoms with van der Waals surface area (Å²) < 4.78 is 35.5. The summed E-state index contributed by atoms with van der Waals surface area (Å²) in [6.45, 7) is 0. The van der Waals surface area contributed by atoms with Gasteiger partial charge in [0.25, 0.3) is 0 Å². The highest BCUT2D eigenvalue weighted by Crippen LogP contribution is 2.27. The van der Waals surface area contributed by atoms with Gasteiger partial charge in [0.05, 0.1) is 9.92 Å². The fourth-order valence-corrected chi connectivity index (χ4v) is 2.42. The van der Waals surface area contributed by atoms with Gasteiger partial charge in [-0.3, -0.25) is 0 Å². The highest BCUT2D eigenvalue weighted by atomic mass is 35.5. The third kappa shape index (κ3) is 2.88. The van der Waals surface area contributed by atoms with Crippen molar-refractivity contribution in [2.45, 2.75) is 11.2 Å². The maximum absolute atomic E-state index is 13.1. The Morgan fingerprint density at radius 1 is 1.50 bits per heavy atom. The Balaban J connectivity index is 3.24. The fraction of sp³-hybridized carbons (Fsp3) is 0.222. The Hall–Kier alpha value is -1.23. The van der Waals surface area contributed by atoms with Crippen LogP contribution in [0.4, 0.5) is 4.39 Å². The van der Waals surface area contributed by atoms with Crippen molar-refractivity contribution in [1.82, 2.24) is 0 Å². The van der Waals surface area contributed by atoms with Crippen LogP contribution in [0.3, 0.4) is 0 Å². The Morgan fingerprint density at radius 3 is 2.56 bits per heavy atom. The normalized spacial score (nSPS) is 12.9. The highest BCUT2D eigenvalue weighted by molar-refractivity contribution is 7.90. The average molecular weight is 264 g/mol. The van der Waals surface area contributed by atoms with E-state index in [4.69, 9.17) is 11.6 Å². The molecule has 0 saturated heterocycles. The number of aliphatic imine (C=N–C) groups is 1.